The van der Waals surface area contributed by atoms with E-state index < -0.39 is 0 Å². The van der Waals surface area contributed by atoms with Gasteiger partial charge in [0.1, 0.15) is 5.75 Å². The second-order valence-corrected chi connectivity index (χ2v) is 6.47. The lowest BCUT2D eigenvalue weighted by molar-refractivity contribution is 0.313. The fourth-order valence-corrected chi connectivity index (χ4v) is 2.13. The Hall–Kier alpha value is -1.06. The Morgan fingerprint density at radius 2 is 1.95 bits per heavy atom. The van der Waals surface area contributed by atoms with Crippen molar-refractivity contribution < 1.29 is 4.74 Å². The number of benzene rings is 1. The SMILES string of the molecule is COc1cccc(CN(C)CCCCNC(C)(C)C)c1. The van der Waals surface area contributed by atoms with Gasteiger partial charge < -0.3 is 15.0 Å². The first kappa shape index (κ1) is 17.0. The molecule has 0 amide bonds. The quantitative estimate of drug-likeness (QED) is 0.738. The third-order valence-electron chi connectivity index (χ3n) is 3.21. The Morgan fingerprint density at radius 3 is 2.60 bits per heavy atom. The molecule has 0 heterocycles. The van der Waals surface area contributed by atoms with Gasteiger partial charge in [0, 0.05) is 12.1 Å². The number of ether oxygens (including phenoxy) is 1. The standard InChI is InChI=1S/C17H30N2O/c1-17(2,3)18-11-6-7-12-19(4)14-15-9-8-10-16(13-15)20-5/h8-10,13,18H,6-7,11-12,14H2,1-5H3. The van der Waals surface area contributed by atoms with E-state index in [1.54, 1.807) is 7.11 Å². The maximum absolute atomic E-state index is 5.25. The summed E-state index contributed by atoms with van der Waals surface area (Å²) in [5.41, 5.74) is 1.53. The van der Waals surface area contributed by atoms with E-state index in [1.807, 2.05) is 6.07 Å². The summed E-state index contributed by atoms with van der Waals surface area (Å²) < 4.78 is 5.25. The lowest BCUT2D eigenvalue weighted by Gasteiger charge is -2.21. The van der Waals surface area contributed by atoms with Crippen molar-refractivity contribution in [2.24, 2.45) is 0 Å². The van der Waals surface area contributed by atoms with E-state index in [0.717, 1.165) is 25.4 Å². The molecule has 0 saturated carbocycles. The van der Waals surface area contributed by atoms with Gasteiger partial charge in [-0.2, -0.15) is 0 Å². The molecule has 1 aromatic rings. The summed E-state index contributed by atoms with van der Waals surface area (Å²) >= 11 is 0. The normalized spacial score (nSPS) is 11.9. The van der Waals surface area contributed by atoms with Crippen LogP contribution in [0.2, 0.25) is 0 Å². The molecule has 0 bridgehead atoms. The summed E-state index contributed by atoms with van der Waals surface area (Å²) in [5, 5.41) is 3.53. The van der Waals surface area contributed by atoms with Gasteiger partial charge in [-0.25, -0.2) is 0 Å². The fourth-order valence-electron chi connectivity index (χ4n) is 2.13. The van der Waals surface area contributed by atoms with Crippen LogP contribution in [0.1, 0.15) is 39.2 Å². The Bertz CT molecular complexity index is 385. The van der Waals surface area contributed by atoms with Gasteiger partial charge in [0.25, 0.3) is 0 Å². The van der Waals surface area contributed by atoms with Crippen LogP contribution in [0.25, 0.3) is 0 Å². The maximum Gasteiger partial charge on any atom is 0.119 e. The van der Waals surface area contributed by atoms with Gasteiger partial charge in [-0.05, 0) is 71.4 Å². The monoisotopic (exact) mass is 278 g/mol. The molecule has 0 atom stereocenters. The zero-order chi connectivity index (χ0) is 15.0. The fraction of sp³-hybridized carbons (Fsp3) is 0.647. The molecule has 1 rings (SSSR count). The highest BCUT2D eigenvalue weighted by Gasteiger charge is 2.07. The Balaban J connectivity index is 2.21. The van der Waals surface area contributed by atoms with E-state index in [1.165, 1.54) is 18.4 Å². The molecule has 20 heavy (non-hydrogen) atoms. The zero-order valence-corrected chi connectivity index (χ0v) is 13.7. The van der Waals surface area contributed by atoms with E-state index in [9.17, 15) is 0 Å². The van der Waals surface area contributed by atoms with Crippen LogP contribution in [0.4, 0.5) is 0 Å². The molecule has 3 heteroatoms. The van der Waals surface area contributed by atoms with Gasteiger partial charge in [0.15, 0.2) is 0 Å². The summed E-state index contributed by atoms with van der Waals surface area (Å²) in [4.78, 5) is 2.37. The molecule has 0 unspecified atom stereocenters. The van der Waals surface area contributed by atoms with Gasteiger partial charge in [0.05, 0.1) is 7.11 Å². The van der Waals surface area contributed by atoms with E-state index in [4.69, 9.17) is 4.74 Å². The minimum absolute atomic E-state index is 0.229. The van der Waals surface area contributed by atoms with Crippen LogP contribution < -0.4 is 10.1 Å². The summed E-state index contributed by atoms with van der Waals surface area (Å²) in [6.45, 7) is 9.83. The lowest BCUT2D eigenvalue weighted by Crippen LogP contribution is -2.36. The lowest BCUT2D eigenvalue weighted by atomic mass is 10.1. The van der Waals surface area contributed by atoms with E-state index in [-0.39, 0.29) is 5.54 Å². The van der Waals surface area contributed by atoms with Crippen molar-refractivity contribution in [1.29, 1.82) is 0 Å². The van der Waals surface area contributed by atoms with Gasteiger partial charge in [0.2, 0.25) is 0 Å². The Morgan fingerprint density at radius 1 is 1.20 bits per heavy atom. The van der Waals surface area contributed by atoms with Crippen molar-refractivity contribution in [1.82, 2.24) is 10.2 Å². The maximum atomic E-state index is 5.25. The molecule has 1 N–H and O–H groups in total. The second kappa shape index (κ2) is 8.28. The minimum Gasteiger partial charge on any atom is -0.497 e. The third-order valence-corrected chi connectivity index (χ3v) is 3.21. The average Bonchev–Trinajstić information content (AvgIpc) is 2.37. The molecule has 0 aliphatic heterocycles. The van der Waals surface area contributed by atoms with Crippen LogP contribution in [0.15, 0.2) is 24.3 Å². The number of hydrogen-bond donors (Lipinski definition) is 1. The molecular formula is C17H30N2O. The first-order valence-electron chi connectivity index (χ1n) is 7.47. The molecule has 114 valence electrons. The molecule has 0 saturated heterocycles. The number of nitrogens with one attached hydrogen (secondary N) is 1. The highest BCUT2D eigenvalue weighted by atomic mass is 16.5. The summed E-state index contributed by atoms with van der Waals surface area (Å²) in [5.74, 6) is 0.935. The Labute approximate surface area is 124 Å². The number of nitrogens with zero attached hydrogens (tertiary/aromatic N) is 1. The molecule has 0 aliphatic carbocycles. The van der Waals surface area contributed by atoms with E-state index >= 15 is 0 Å². The van der Waals surface area contributed by atoms with Crippen molar-refractivity contribution in [3.8, 4) is 5.75 Å². The van der Waals surface area contributed by atoms with Crippen LogP contribution in [0.5, 0.6) is 5.75 Å². The summed E-state index contributed by atoms with van der Waals surface area (Å²) in [6.07, 6.45) is 2.45. The van der Waals surface area contributed by atoms with Gasteiger partial charge in [-0.1, -0.05) is 12.1 Å². The summed E-state index contributed by atoms with van der Waals surface area (Å²) in [7, 11) is 3.89. The highest BCUT2D eigenvalue weighted by molar-refractivity contribution is 5.28. The van der Waals surface area contributed by atoms with Crippen molar-refractivity contribution in [3.63, 3.8) is 0 Å². The third kappa shape index (κ3) is 7.51. The Kier molecular flexibility index (Phi) is 7.03. The largest absolute Gasteiger partial charge is 0.497 e. The smallest absolute Gasteiger partial charge is 0.119 e. The molecule has 3 nitrogen and oxygen atoms in total. The average molecular weight is 278 g/mol. The van der Waals surface area contributed by atoms with Gasteiger partial charge >= 0.3 is 0 Å². The van der Waals surface area contributed by atoms with Crippen molar-refractivity contribution in [3.05, 3.63) is 29.8 Å². The van der Waals surface area contributed by atoms with Gasteiger partial charge in [-0.15, -0.1) is 0 Å². The zero-order valence-electron chi connectivity index (χ0n) is 13.7. The number of hydrogen-bond acceptors (Lipinski definition) is 3. The molecular weight excluding hydrogens is 248 g/mol. The first-order valence-corrected chi connectivity index (χ1v) is 7.47. The highest BCUT2D eigenvalue weighted by Crippen LogP contribution is 2.14. The van der Waals surface area contributed by atoms with Crippen LogP contribution in [-0.4, -0.2) is 37.7 Å². The topological polar surface area (TPSA) is 24.5 Å². The predicted octanol–water partition coefficient (Wildman–Crippen LogP) is 3.30. The second-order valence-electron chi connectivity index (χ2n) is 6.47. The molecule has 0 spiro atoms. The van der Waals surface area contributed by atoms with Crippen molar-refractivity contribution >= 4 is 0 Å². The molecule has 0 aromatic heterocycles. The number of methoxy groups -OCH3 is 1. The molecule has 0 fully saturated rings. The van der Waals surface area contributed by atoms with Gasteiger partial charge in [-0.3, -0.25) is 0 Å². The first-order chi connectivity index (χ1) is 9.40. The van der Waals surface area contributed by atoms with Crippen molar-refractivity contribution in [2.45, 2.75) is 45.7 Å². The molecule has 0 radical (unpaired) electrons. The number of rotatable bonds is 8. The minimum atomic E-state index is 0.229. The van der Waals surface area contributed by atoms with E-state index in [0.29, 0.717) is 0 Å². The predicted molar refractivity (Wildman–Crippen MR) is 86.3 cm³/mol. The summed E-state index contributed by atoms with van der Waals surface area (Å²) in [6, 6.07) is 8.30. The molecule has 0 aliphatic rings. The van der Waals surface area contributed by atoms with E-state index in [2.05, 4.69) is 56.2 Å². The molecule has 1 aromatic carbocycles. The van der Waals surface area contributed by atoms with Crippen molar-refractivity contribution in [2.75, 3.05) is 27.2 Å². The van der Waals surface area contributed by atoms with Crippen LogP contribution >= 0.6 is 0 Å². The van der Waals surface area contributed by atoms with Crippen LogP contribution in [-0.2, 0) is 6.54 Å². The van der Waals surface area contributed by atoms with Crippen LogP contribution in [0.3, 0.4) is 0 Å². The van der Waals surface area contributed by atoms with Crippen LogP contribution in [0, 0.1) is 0 Å². The number of unbranched alkanes of at least 4 members (excludes halogenated alkanes) is 1.